The molecule has 0 spiro atoms. The van der Waals surface area contributed by atoms with Gasteiger partial charge in [-0.3, -0.25) is 5.10 Å². The van der Waals surface area contributed by atoms with E-state index in [9.17, 15) is 8.78 Å². The molecule has 4 nitrogen and oxygen atoms in total. The minimum atomic E-state index is -2.13. The normalized spacial score (nSPS) is 24.0. The fraction of sp³-hybridized carbons (Fsp3) is 0.300. The molecule has 2 N–H and O–H groups in total. The van der Waals surface area contributed by atoms with E-state index >= 15 is 0 Å². The Kier molecular flexibility index (Phi) is 3.00. The Balaban J connectivity index is 2.03. The van der Waals surface area contributed by atoms with Crippen LogP contribution >= 0.6 is 0 Å². The number of hydrogen-bond acceptors (Lipinski definition) is 3. The van der Waals surface area contributed by atoms with Crippen LogP contribution in [-0.2, 0) is 4.74 Å². The summed E-state index contributed by atoms with van der Waals surface area (Å²) in [6.07, 6.45) is 7.52. The van der Waals surface area contributed by atoms with Crippen molar-refractivity contribution in [2.75, 3.05) is 13.3 Å². The maximum Gasteiger partial charge on any atom is 0.308 e. The summed E-state index contributed by atoms with van der Waals surface area (Å²) in [7, 11) is 0. The lowest BCUT2D eigenvalue weighted by molar-refractivity contribution is -0.125. The van der Waals surface area contributed by atoms with Crippen molar-refractivity contribution >= 4 is 5.57 Å². The second-order valence-electron chi connectivity index (χ2n) is 3.25. The van der Waals surface area contributed by atoms with E-state index in [4.69, 9.17) is 0 Å². The molecule has 6 heteroatoms. The molecule has 2 heterocycles. The molecule has 86 valence electrons. The summed E-state index contributed by atoms with van der Waals surface area (Å²) in [6.45, 7) is -1.01. The lowest BCUT2D eigenvalue weighted by Gasteiger charge is -2.25. The molecule has 1 aliphatic heterocycles. The van der Waals surface area contributed by atoms with Crippen LogP contribution in [0.2, 0.25) is 0 Å². The third-order valence-electron chi connectivity index (χ3n) is 2.12. The van der Waals surface area contributed by atoms with Gasteiger partial charge in [-0.15, -0.1) is 0 Å². The van der Waals surface area contributed by atoms with Gasteiger partial charge in [0, 0.05) is 29.6 Å². The first-order chi connectivity index (χ1) is 7.73. The summed E-state index contributed by atoms with van der Waals surface area (Å²) < 4.78 is 30.2. The van der Waals surface area contributed by atoms with E-state index in [0.29, 0.717) is 0 Å². The molecule has 0 bridgehead atoms. The monoisotopic (exact) mass is 227 g/mol. The number of ether oxygens (including phenoxy) is 1. The van der Waals surface area contributed by atoms with Crippen molar-refractivity contribution in [1.82, 2.24) is 15.5 Å². The Hall–Kier alpha value is -1.69. The summed E-state index contributed by atoms with van der Waals surface area (Å²) in [6, 6.07) is 0. The molecule has 0 amide bonds. The van der Waals surface area contributed by atoms with Gasteiger partial charge in [0.1, 0.15) is 6.67 Å². The zero-order valence-electron chi connectivity index (χ0n) is 8.41. The number of aromatic amines is 1. The SMILES string of the molecule is FCCOC1(F)C=CC(c2cn[nH]c2)=CN1. The van der Waals surface area contributed by atoms with E-state index in [-0.39, 0.29) is 6.61 Å². The average molecular weight is 227 g/mol. The van der Waals surface area contributed by atoms with Crippen molar-refractivity contribution in [3.05, 3.63) is 36.3 Å². The number of dihydropyridines is 1. The summed E-state index contributed by atoms with van der Waals surface area (Å²) >= 11 is 0. The molecule has 0 aromatic carbocycles. The zero-order chi connectivity index (χ0) is 11.4. The summed E-state index contributed by atoms with van der Waals surface area (Å²) in [5, 5.41) is 8.86. The Morgan fingerprint density at radius 2 is 2.38 bits per heavy atom. The van der Waals surface area contributed by atoms with E-state index in [1.807, 2.05) is 0 Å². The van der Waals surface area contributed by atoms with Crippen LogP contribution in [0.3, 0.4) is 0 Å². The highest BCUT2D eigenvalue weighted by atomic mass is 19.2. The summed E-state index contributed by atoms with van der Waals surface area (Å²) in [5.74, 6) is -2.13. The maximum absolute atomic E-state index is 13.7. The molecule has 0 saturated heterocycles. The third kappa shape index (κ3) is 2.27. The van der Waals surface area contributed by atoms with E-state index in [2.05, 4.69) is 20.3 Å². The number of H-pyrrole nitrogens is 1. The zero-order valence-corrected chi connectivity index (χ0v) is 8.41. The first-order valence-electron chi connectivity index (χ1n) is 4.78. The molecule has 0 fully saturated rings. The molecule has 1 aliphatic rings. The Labute approximate surface area is 91.0 Å². The largest absolute Gasteiger partial charge is 0.333 e. The van der Waals surface area contributed by atoms with Crippen molar-refractivity contribution in [3.63, 3.8) is 0 Å². The molecule has 1 aromatic heterocycles. The van der Waals surface area contributed by atoms with E-state index < -0.39 is 12.7 Å². The standard InChI is InChI=1S/C10H11F2N3O/c11-3-4-16-10(12)2-1-8(5-13-10)9-6-14-15-7-9/h1-2,5-7,13H,3-4H2,(H,14,15). The number of alkyl halides is 2. The first-order valence-corrected chi connectivity index (χ1v) is 4.78. The molecule has 0 saturated carbocycles. The Morgan fingerprint density at radius 1 is 1.50 bits per heavy atom. The van der Waals surface area contributed by atoms with Gasteiger partial charge in [0.15, 0.2) is 0 Å². The minimum Gasteiger partial charge on any atom is -0.333 e. The van der Waals surface area contributed by atoms with E-state index in [1.54, 1.807) is 18.5 Å². The predicted octanol–water partition coefficient (Wildman–Crippen LogP) is 1.52. The van der Waals surface area contributed by atoms with Crippen LogP contribution in [0.25, 0.3) is 5.57 Å². The first kappa shape index (κ1) is 10.8. The molecule has 0 radical (unpaired) electrons. The van der Waals surface area contributed by atoms with Crippen molar-refractivity contribution in [3.8, 4) is 0 Å². The number of hydrogen-bond donors (Lipinski definition) is 2. The van der Waals surface area contributed by atoms with E-state index in [0.717, 1.165) is 11.1 Å². The predicted molar refractivity (Wildman–Crippen MR) is 54.6 cm³/mol. The number of aromatic nitrogens is 2. The molecular weight excluding hydrogens is 216 g/mol. The maximum atomic E-state index is 13.7. The van der Waals surface area contributed by atoms with Gasteiger partial charge in [-0.1, -0.05) is 0 Å². The van der Waals surface area contributed by atoms with Gasteiger partial charge >= 0.3 is 5.98 Å². The van der Waals surface area contributed by atoms with Crippen LogP contribution in [0, 0.1) is 0 Å². The number of halogens is 2. The third-order valence-corrected chi connectivity index (χ3v) is 2.12. The van der Waals surface area contributed by atoms with Gasteiger partial charge in [0.2, 0.25) is 0 Å². The topological polar surface area (TPSA) is 49.9 Å². The smallest absolute Gasteiger partial charge is 0.308 e. The Bertz CT molecular complexity index is 402. The fourth-order valence-corrected chi connectivity index (χ4v) is 1.33. The van der Waals surface area contributed by atoms with Gasteiger partial charge in [-0.25, -0.2) is 4.39 Å². The van der Waals surface area contributed by atoms with Gasteiger partial charge in [0.25, 0.3) is 0 Å². The highest BCUT2D eigenvalue weighted by molar-refractivity contribution is 5.73. The number of rotatable bonds is 4. The van der Waals surface area contributed by atoms with Crippen LogP contribution in [-0.4, -0.2) is 29.5 Å². The number of nitrogens with one attached hydrogen (secondary N) is 2. The minimum absolute atomic E-state index is 0.289. The van der Waals surface area contributed by atoms with Crippen LogP contribution in [0.5, 0.6) is 0 Å². The number of nitrogens with zero attached hydrogens (tertiary/aromatic N) is 1. The molecule has 1 aromatic rings. The molecule has 16 heavy (non-hydrogen) atoms. The Morgan fingerprint density at radius 3 is 2.94 bits per heavy atom. The summed E-state index contributed by atoms with van der Waals surface area (Å²) in [5.41, 5.74) is 1.60. The lowest BCUT2D eigenvalue weighted by atomic mass is 10.1. The second-order valence-corrected chi connectivity index (χ2v) is 3.25. The molecule has 1 unspecified atom stereocenters. The summed E-state index contributed by atoms with van der Waals surface area (Å²) in [4.78, 5) is 0. The average Bonchev–Trinajstić information content (AvgIpc) is 2.81. The van der Waals surface area contributed by atoms with Crippen LogP contribution in [0.4, 0.5) is 8.78 Å². The second kappa shape index (κ2) is 4.44. The molecule has 1 atom stereocenters. The quantitative estimate of drug-likeness (QED) is 0.767. The molecule has 2 rings (SSSR count). The van der Waals surface area contributed by atoms with Crippen molar-refractivity contribution in [1.29, 1.82) is 0 Å². The highest BCUT2D eigenvalue weighted by Gasteiger charge is 2.28. The van der Waals surface area contributed by atoms with Crippen molar-refractivity contribution in [2.24, 2.45) is 0 Å². The lowest BCUT2D eigenvalue weighted by Crippen LogP contribution is -2.40. The van der Waals surface area contributed by atoms with Crippen molar-refractivity contribution in [2.45, 2.75) is 5.98 Å². The van der Waals surface area contributed by atoms with Gasteiger partial charge in [-0.05, 0) is 6.08 Å². The number of allylic oxidation sites excluding steroid dienone is 2. The van der Waals surface area contributed by atoms with Crippen molar-refractivity contribution < 1.29 is 13.5 Å². The van der Waals surface area contributed by atoms with E-state index in [1.165, 1.54) is 12.3 Å². The highest BCUT2D eigenvalue weighted by Crippen LogP contribution is 2.22. The van der Waals surface area contributed by atoms with Crippen LogP contribution in [0.1, 0.15) is 5.56 Å². The van der Waals surface area contributed by atoms with Gasteiger partial charge < -0.3 is 10.1 Å². The van der Waals surface area contributed by atoms with Crippen LogP contribution < -0.4 is 5.32 Å². The molecular formula is C10H11F2N3O. The van der Waals surface area contributed by atoms with Gasteiger partial charge in [0.05, 0.1) is 12.8 Å². The van der Waals surface area contributed by atoms with Crippen LogP contribution in [0.15, 0.2) is 30.7 Å². The van der Waals surface area contributed by atoms with Gasteiger partial charge in [-0.2, -0.15) is 9.49 Å². The fourth-order valence-electron chi connectivity index (χ4n) is 1.33. The molecule has 0 aliphatic carbocycles.